The van der Waals surface area contributed by atoms with Gasteiger partial charge >= 0.3 is 0 Å². The number of hydrogen-bond acceptors (Lipinski definition) is 3. The van der Waals surface area contributed by atoms with Gasteiger partial charge in [-0.2, -0.15) is 16.9 Å². The molecule has 0 saturated heterocycles. The quantitative estimate of drug-likeness (QED) is 0.775. The highest BCUT2D eigenvalue weighted by Crippen LogP contribution is 2.16. The van der Waals surface area contributed by atoms with E-state index in [0.717, 1.165) is 25.3 Å². The van der Waals surface area contributed by atoms with Gasteiger partial charge in [0.05, 0.1) is 6.20 Å². The maximum absolute atomic E-state index is 4.36. The van der Waals surface area contributed by atoms with Crippen molar-refractivity contribution in [1.82, 2.24) is 15.1 Å². The van der Waals surface area contributed by atoms with Gasteiger partial charge in [0, 0.05) is 30.1 Å². The van der Waals surface area contributed by atoms with Gasteiger partial charge in [-0.15, -0.1) is 0 Å². The summed E-state index contributed by atoms with van der Waals surface area (Å²) >= 11 is 1.87. The van der Waals surface area contributed by atoms with Crippen LogP contribution in [0.1, 0.15) is 31.9 Å². The standard InChI is InChI=1S/C11H21N3S/c1-4-6-14-8-10(7-13-14)11(9-15-3)12-5-2/h7-8,11-12H,4-6,9H2,1-3H3. The van der Waals surface area contributed by atoms with Crippen LogP contribution in [0.5, 0.6) is 0 Å². The third-order valence-electron chi connectivity index (χ3n) is 2.29. The lowest BCUT2D eigenvalue weighted by Gasteiger charge is -2.14. The molecule has 3 nitrogen and oxygen atoms in total. The summed E-state index contributed by atoms with van der Waals surface area (Å²) in [7, 11) is 0. The number of thioether (sulfide) groups is 1. The average molecular weight is 227 g/mol. The van der Waals surface area contributed by atoms with Crippen molar-refractivity contribution in [2.45, 2.75) is 32.9 Å². The molecular formula is C11H21N3S. The number of nitrogens with zero attached hydrogens (tertiary/aromatic N) is 2. The molecule has 0 aliphatic carbocycles. The van der Waals surface area contributed by atoms with Crippen LogP contribution in [0.2, 0.25) is 0 Å². The number of rotatable bonds is 7. The molecule has 0 aliphatic heterocycles. The van der Waals surface area contributed by atoms with Crippen molar-refractivity contribution < 1.29 is 0 Å². The molecule has 1 aromatic rings. The Morgan fingerprint density at radius 1 is 1.53 bits per heavy atom. The van der Waals surface area contributed by atoms with Gasteiger partial charge in [0.1, 0.15) is 0 Å². The van der Waals surface area contributed by atoms with E-state index >= 15 is 0 Å². The average Bonchev–Trinajstić information content (AvgIpc) is 2.67. The minimum absolute atomic E-state index is 0.440. The van der Waals surface area contributed by atoms with Crippen LogP contribution in [0.15, 0.2) is 12.4 Å². The Hall–Kier alpha value is -0.480. The van der Waals surface area contributed by atoms with Gasteiger partial charge in [-0.1, -0.05) is 13.8 Å². The number of aromatic nitrogens is 2. The molecule has 0 spiro atoms. The van der Waals surface area contributed by atoms with Gasteiger partial charge in [-0.3, -0.25) is 4.68 Å². The fourth-order valence-corrected chi connectivity index (χ4v) is 2.24. The van der Waals surface area contributed by atoms with Gasteiger partial charge < -0.3 is 5.32 Å². The van der Waals surface area contributed by atoms with E-state index in [9.17, 15) is 0 Å². The SMILES string of the molecule is CCCn1cc(C(CSC)NCC)cn1. The molecule has 0 amide bonds. The van der Waals surface area contributed by atoms with E-state index in [1.54, 1.807) is 0 Å². The first kappa shape index (κ1) is 12.6. The van der Waals surface area contributed by atoms with E-state index in [4.69, 9.17) is 0 Å². The first-order valence-corrected chi connectivity index (χ1v) is 6.95. The predicted octanol–water partition coefficient (Wildman–Crippen LogP) is 2.31. The van der Waals surface area contributed by atoms with Crippen molar-refractivity contribution in [3.8, 4) is 0 Å². The molecule has 1 atom stereocenters. The molecule has 1 unspecified atom stereocenters. The van der Waals surface area contributed by atoms with Gasteiger partial charge in [-0.25, -0.2) is 0 Å². The number of nitrogens with one attached hydrogen (secondary N) is 1. The zero-order chi connectivity index (χ0) is 11.1. The lowest BCUT2D eigenvalue weighted by Crippen LogP contribution is -2.22. The largest absolute Gasteiger partial charge is 0.309 e. The number of hydrogen-bond donors (Lipinski definition) is 1. The lowest BCUT2D eigenvalue weighted by atomic mass is 10.2. The normalized spacial score (nSPS) is 13.0. The molecule has 1 rings (SSSR count). The van der Waals surface area contributed by atoms with Crippen molar-refractivity contribution in [3.05, 3.63) is 18.0 Å². The molecule has 4 heteroatoms. The predicted molar refractivity (Wildman–Crippen MR) is 67.3 cm³/mol. The molecule has 0 bridgehead atoms. The van der Waals surface area contributed by atoms with Crippen LogP contribution in [0.4, 0.5) is 0 Å². The minimum atomic E-state index is 0.440. The van der Waals surface area contributed by atoms with Crippen LogP contribution in [0.25, 0.3) is 0 Å². The molecule has 0 radical (unpaired) electrons. The van der Waals surface area contributed by atoms with Crippen LogP contribution < -0.4 is 5.32 Å². The van der Waals surface area contributed by atoms with Gasteiger partial charge in [0.2, 0.25) is 0 Å². The van der Waals surface area contributed by atoms with Gasteiger partial charge in [-0.05, 0) is 19.2 Å². The molecule has 0 fully saturated rings. The highest BCUT2D eigenvalue weighted by Gasteiger charge is 2.11. The van der Waals surface area contributed by atoms with Crippen molar-refractivity contribution in [1.29, 1.82) is 0 Å². The summed E-state index contributed by atoms with van der Waals surface area (Å²) in [6.07, 6.45) is 7.42. The Labute approximate surface area is 96.6 Å². The summed E-state index contributed by atoms with van der Waals surface area (Å²) in [4.78, 5) is 0. The molecule has 15 heavy (non-hydrogen) atoms. The third kappa shape index (κ3) is 3.87. The zero-order valence-electron chi connectivity index (χ0n) is 9.86. The second-order valence-electron chi connectivity index (χ2n) is 3.60. The molecule has 86 valence electrons. The van der Waals surface area contributed by atoms with Crippen molar-refractivity contribution in [2.75, 3.05) is 18.6 Å². The molecule has 0 aromatic carbocycles. The first-order valence-electron chi connectivity index (χ1n) is 5.56. The molecule has 1 heterocycles. The monoisotopic (exact) mass is 227 g/mol. The van der Waals surface area contributed by atoms with Gasteiger partial charge in [0.25, 0.3) is 0 Å². The molecule has 0 saturated carbocycles. The van der Waals surface area contributed by atoms with Crippen LogP contribution in [-0.4, -0.2) is 28.3 Å². The van der Waals surface area contributed by atoms with E-state index in [1.807, 2.05) is 22.6 Å². The highest BCUT2D eigenvalue weighted by molar-refractivity contribution is 7.98. The van der Waals surface area contributed by atoms with Crippen LogP contribution >= 0.6 is 11.8 Å². The molecular weight excluding hydrogens is 206 g/mol. The Kier molecular flexibility index (Phi) is 5.79. The van der Waals surface area contributed by atoms with Crippen LogP contribution in [0, 0.1) is 0 Å². The third-order valence-corrected chi connectivity index (χ3v) is 2.96. The fourth-order valence-electron chi connectivity index (χ4n) is 1.60. The van der Waals surface area contributed by atoms with Crippen molar-refractivity contribution in [2.24, 2.45) is 0 Å². The van der Waals surface area contributed by atoms with E-state index in [0.29, 0.717) is 6.04 Å². The van der Waals surface area contributed by atoms with Crippen LogP contribution in [-0.2, 0) is 6.54 Å². The van der Waals surface area contributed by atoms with E-state index in [1.165, 1.54) is 5.56 Å². The van der Waals surface area contributed by atoms with Crippen LogP contribution in [0.3, 0.4) is 0 Å². The van der Waals surface area contributed by atoms with Gasteiger partial charge in [0.15, 0.2) is 0 Å². The zero-order valence-corrected chi connectivity index (χ0v) is 10.7. The smallest absolute Gasteiger partial charge is 0.0537 e. The molecule has 0 aliphatic rings. The highest BCUT2D eigenvalue weighted by atomic mass is 32.2. The van der Waals surface area contributed by atoms with Crippen molar-refractivity contribution >= 4 is 11.8 Å². The summed E-state index contributed by atoms with van der Waals surface area (Å²) in [5.74, 6) is 1.10. The minimum Gasteiger partial charge on any atom is -0.309 e. The summed E-state index contributed by atoms with van der Waals surface area (Å²) in [6, 6.07) is 0.440. The second-order valence-corrected chi connectivity index (χ2v) is 4.51. The summed E-state index contributed by atoms with van der Waals surface area (Å²) < 4.78 is 2.03. The maximum Gasteiger partial charge on any atom is 0.0537 e. The maximum atomic E-state index is 4.36. The second kappa shape index (κ2) is 6.90. The van der Waals surface area contributed by atoms with E-state index in [-0.39, 0.29) is 0 Å². The fraction of sp³-hybridized carbons (Fsp3) is 0.727. The Balaban J connectivity index is 2.63. The first-order chi connectivity index (χ1) is 7.31. The van der Waals surface area contributed by atoms with E-state index < -0.39 is 0 Å². The Bertz CT molecular complexity index is 267. The number of aryl methyl sites for hydroxylation is 1. The molecule has 1 aromatic heterocycles. The summed E-state index contributed by atoms with van der Waals surface area (Å²) in [5.41, 5.74) is 1.31. The summed E-state index contributed by atoms with van der Waals surface area (Å²) in [6.45, 7) is 6.33. The Morgan fingerprint density at radius 2 is 2.33 bits per heavy atom. The Morgan fingerprint density at radius 3 is 2.93 bits per heavy atom. The summed E-state index contributed by atoms with van der Waals surface area (Å²) in [5, 5.41) is 7.84. The van der Waals surface area contributed by atoms with Crippen molar-refractivity contribution in [3.63, 3.8) is 0 Å². The lowest BCUT2D eigenvalue weighted by molar-refractivity contribution is 0.591. The topological polar surface area (TPSA) is 29.9 Å². The molecule has 1 N–H and O–H groups in total. The van der Waals surface area contributed by atoms with E-state index in [2.05, 4.69) is 36.7 Å².